The second kappa shape index (κ2) is 19.9. The summed E-state index contributed by atoms with van der Waals surface area (Å²) in [5.74, 6) is 0.373. The van der Waals surface area contributed by atoms with Crippen LogP contribution in [-0.2, 0) is 36.5 Å². The Morgan fingerprint density at radius 2 is 1.19 bits per heavy atom. The van der Waals surface area contributed by atoms with Crippen molar-refractivity contribution < 1.29 is 19.1 Å². The molecule has 0 N–H and O–H groups in total. The molecule has 0 aromatic heterocycles. The Labute approximate surface area is 324 Å². The number of carbonyl (C=O) groups is 2. The van der Waals surface area contributed by atoms with Crippen LogP contribution in [0.2, 0.25) is 0 Å². The maximum absolute atomic E-state index is 14.2. The van der Waals surface area contributed by atoms with E-state index in [-0.39, 0.29) is 23.7 Å². The SMILES string of the molecule is CCC(=O)O[C@](Cc1ccccc1)(c1ccccc1)[C@H](C)CN(C)C.C[C@H](CN1CCOCC1)C(C(=O)N1CCCC1)(c1ccccc1)c1ccccc1. The highest BCUT2D eigenvalue weighted by Gasteiger charge is 2.49. The van der Waals surface area contributed by atoms with Gasteiger partial charge in [-0.05, 0) is 55.1 Å². The molecular weight excluding hydrogens is 671 g/mol. The number of morpholine rings is 1. The predicted octanol–water partition coefficient (Wildman–Crippen LogP) is 7.84. The summed E-state index contributed by atoms with van der Waals surface area (Å²) in [4.78, 5) is 33.3. The minimum absolute atomic E-state index is 0.137. The van der Waals surface area contributed by atoms with Gasteiger partial charge >= 0.3 is 5.97 Å². The molecule has 1 amide bonds. The molecule has 6 rings (SSSR count). The summed E-state index contributed by atoms with van der Waals surface area (Å²) in [5, 5.41) is 0. The van der Waals surface area contributed by atoms with Crippen molar-refractivity contribution >= 4 is 11.9 Å². The van der Waals surface area contributed by atoms with Gasteiger partial charge in [-0.1, -0.05) is 142 Å². The molecule has 4 aromatic carbocycles. The first kappa shape index (κ1) is 40.9. The fraction of sp³-hybridized carbons (Fsp3) is 0.447. The Bertz CT molecular complexity index is 1650. The van der Waals surface area contributed by atoms with Gasteiger partial charge in [0, 0.05) is 58.0 Å². The molecule has 288 valence electrons. The summed E-state index contributed by atoms with van der Waals surface area (Å²) in [6.45, 7) is 13.1. The zero-order valence-corrected chi connectivity index (χ0v) is 33.2. The summed E-state index contributed by atoms with van der Waals surface area (Å²) in [5.41, 5.74) is 3.06. The van der Waals surface area contributed by atoms with Crippen LogP contribution >= 0.6 is 0 Å². The van der Waals surface area contributed by atoms with E-state index in [1.165, 1.54) is 5.56 Å². The quantitative estimate of drug-likeness (QED) is 0.123. The van der Waals surface area contributed by atoms with Crippen LogP contribution in [0.25, 0.3) is 0 Å². The van der Waals surface area contributed by atoms with Gasteiger partial charge in [-0.2, -0.15) is 0 Å². The number of carbonyl (C=O) groups excluding carboxylic acids is 2. The number of likely N-dealkylation sites (tertiary alicyclic amines) is 1. The minimum Gasteiger partial charge on any atom is -0.453 e. The Balaban J connectivity index is 0.000000210. The van der Waals surface area contributed by atoms with Crippen LogP contribution in [-0.4, -0.2) is 93.2 Å². The molecule has 0 saturated carbocycles. The monoisotopic (exact) mass is 731 g/mol. The van der Waals surface area contributed by atoms with Crippen LogP contribution in [0.5, 0.6) is 0 Å². The topological polar surface area (TPSA) is 62.3 Å². The maximum Gasteiger partial charge on any atom is 0.306 e. The van der Waals surface area contributed by atoms with Crippen molar-refractivity contribution in [3.8, 4) is 0 Å². The fourth-order valence-corrected chi connectivity index (χ4v) is 8.42. The molecule has 2 aliphatic rings. The Hall–Kier alpha value is -4.30. The lowest BCUT2D eigenvalue weighted by Gasteiger charge is -2.43. The number of hydrogen-bond acceptors (Lipinski definition) is 6. The molecule has 3 atom stereocenters. The molecule has 2 aliphatic heterocycles. The Kier molecular flexibility index (Phi) is 15.0. The number of rotatable bonds is 14. The second-order valence-corrected chi connectivity index (χ2v) is 15.3. The second-order valence-electron chi connectivity index (χ2n) is 15.3. The molecular formula is C47H61N3O4. The molecule has 0 aliphatic carbocycles. The van der Waals surface area contributed by atoms with E-state index >= 15 is 0 Å². The highest BCUT2D eigenvalue weighted by atomic mass is 16.6. The summed E-state index contributed by atoms with van der Waals surface area (Å²) >= 11 is 0. The van der Waals surface area contributed by atoms with Crippen LogP contribution in [0.1, 0.15) is 62.3 Å². The third-order valence-electron chi connectivity index (χ3n) is 11.2. The zero-order valence-electron chi connectivity index (χ0n) is 33.2. The number of nitrogens with zero attached hydrogens (tertiary/aromatic N) is 3. The number of amides is 1. The lowest BCUT2D eigenvalue weighted by Crippen LogP contribution is -2.54. The predicted molar refractivity (Wildman–Crippen MR) is 218 cm³/mol. The number of ether oxygens (including phenoxy) is 2. The Morgan fingerprint density at radius 1 is 0.704 bits per heavy atom. The first-order valence-corrected chi connectivity index (χ1v) is 19.9. The van der Waals surface area contributed by atoms with Crippen molar-refractivity contribution in [3.05, 3.63) is 144 Å². The summed E-state index contributed by atoms with van der Waals surface area (Å²) in [6.07, 6.45) is 3.24. The van der Waals surface area contributed by atoms with E-state index in [2.05, 4.69) is 115 Å². The van der Waals surface area contributed by atoms with E-state index in [4.69, 9.17) is 9.47 Å². The standard InChI is InChI=1S/C25H32N2O2.C22H29NO2/c1-21(20-26-16-18-29-19-17-26)25(22-10-4-2-5-11-22,23-12-6-3-7-13-23)24(28)27-14-8-9-15-27;1-5-21(24)25-22(18(2)17-23(3)4,20-14-10-7-11-15-20)16-19-12-8-6-9-13-19/h2-7,10-13,21H,8-9,14-20H2,1H3;6-15,18H,5,16-17H2,1-4H3/t21-;18-,22+/m11/s1. The van der Waals surface area contributed by atoms with Gasteiger partial charge in [-0.3, -0.25) is 14.5 Å². The van der Waals surface area contributed by atoms with Crippen LogP contribution < -0.4 is 0 Å². The number of esters is 1. The van der Waals surface area contributed by atoms with Crippen LogP contribution in [0.3, 0.4) is 0 Å². The van der Waals surface area contributed by atoms with Crippen molar-refractivity contribution in [1.82, 2.24) is 14.7 Å². The van der Waals surface area contributed by atoms with Gasteiger partial charge in [-0.15, -0.1) is 0 Å². The van der Waals surface area contributed by atoms with Gasteiger partial charge in [0.05, 0.1) is 13.2 Å². The van der Waals surface area contributed by atoms with E-state index in [0.29, 0.717) is 12.8 Å². The van der Waals surface area contributed by atoms with Crippen molar-refractivity contribution in [2.75, 3.05) is 66.6 Å². The van der Waals surface area contributed by atoms with Crippen molar-refractivity contribution in [1.29, 1.82) is 0 Å². The third-order valence-corrected chi connectivity index (χ3v) is 11.2. The van der Waals surface area contributed by atoms with Gasteiger partial charge < -0.3 is 19.3 Å². The molecule has 0 unspecified atom stereocenters. The molecule has 2 heterocycles. The average Bonchev–Trinajstić information content (AvgIpc) is 3.75. The largest absolute Gasteiger partial charge is 0.453 e. The fourth-order valence-electron chi connectivity index (χ4n) is 8.42. The van der Waals surface area contributed by atoms with Gasteiger partial charge in [0.25, 0.3) is 0 Å². The third kappa shape index (κ3) is 9.86. The molecule has 7 heteroatoms. The first-order valence-electron chi connectivity index (χ1n) is 19.9. The van der Waals surface area contributed by atoms with Crippen LogP contribution in [0.15, 0.2) is 121 Å². The normalized spacial score (nSPS) is 17.2. The van der Waals surface area contributed by atoms with Crippen molar-refractivity contribution in [3.63, 3.8) is 0 Å². The summed E-state index contributed by atoms with van der Waals surface area (Å²) in [7, 11) is 4.10. The van der Waals surface area contributed by atoms with Crippen molar-refractivity contribution in [2.24, 2.45) is 11.8 Å². The number of benzene rings is 4. The van der Waals surface area contributed by atoms with Crippen molar-refractivity contribution in [2.45, 2.75) is 57.5 Å². The van der Waals surface area contributed by atoms with Crippen LogP contribution in [0, 0.1) is 11.8 Å². The molecule has 2 saturated heterocycles. The zero-order chi connectivity index (χ0) is 38.4. The van der Waals surface area contributed by atoms with Gasteiger partial charge in [-0.25, -0.2) is 0 Å². The van der Waals surface area contributed by atoms with E-state index in [1.807, 2.05) is 55.5 Å². The summed E-state index contributed by atoms with van der Waals surface area (Å²) < 4.78 is 11.7. The van der Waals surface area contributed by atoms with Gasteiger partial charge in [0.1, 0.15) is 11.0 Å². The number of hydrogen-bond donors (Lipinski definition) is 0. The highest BCUT2D eigenvalue weighted by Crippen LogP contribution is 2.43. The van der Waals surface area contributed by atoms with E-state index in [1.54, 1.807) is 0 Å². The molecule has 54 heavy (non-hydrogen) atoms. The maximum atomic E-state index is 14.2. The van der Waals surface area contributed by atoms with E-state index < -0.39 is 11.0 Å². The first-order chi connectivity index (χ1) is 26.2. The molecule has 0 bridgehead atoms. The average molecular weight is 732 g/mol. The molecule has 2 fully saturated rings. The van der Waals surface area contributed by atoms with E-state index in [9.17, 15) is 9.59 Å². The lowest BCUT2D eigenvalue weighted by atomic mass is 9.65. The summed E-state index contributed by atoms with van der Waals surface area (Å²) in [6, 6.07) is 41.3. The molecule has 4 aromatic rings. The molecule has 0 radical (unpaired) electrons. The molecule has 0 spiro atoms. The van der Waals surface area contributed by atoms with Gasteiger partial charge in [0.2, 0.25) is 5.91 Å². The lowest BCUT2D eigenvalue weighted by molar-refractivity contribution is -0.168. The van der Waals surface area contributed by atoms with Gasteiger partial charge in [0.15, 0.2) is 0 Å². The highest BCUT2D eigenvalue weighted by molar-refractivity contribution is 5.93. The Morgan fingerprint density at radius 3 is 1.67 bits per heavy atom. The van der Waals surface area contributed by atoms with Crippen LogP contribution in [0.4, 0.5) is 0 Å². The molecule has 7 nitrogen and oxygen atoms in total. The smallest absolute Gasteiger partial charge is 0.306 e. The van der Waals surface area contributed by atoms with E-state index in [0.717, 1.165) is 82.0 Å². The minimum atomic E-state index is -0.681.